The predicted molar refractivity (Wildman–Crippen MR) is 202 cm³/mol. The minimum Gasteiger partial charge on any atom is -0.352 e. The molecule has 1 aliphatic carbocycles. The zero-order valence-electron chi connectivity index (χ0n) is 30.0. The first kappa shape index (κ1) is 37.8. The average molecular weight is 749 g/mol. The second kappa shape index (κ2) is 16.4. The van der Waals surface area contributed by atoms with E-state index < -0.39 is 21.6 Å². The van der Waals surface area contributed by atoms with Crippen LogP contribution in [-0.2, 0) is 37.4 Å². The Labute approximate surface area is 312 Å². The smallest absolute Gasteiger partial charge is 0.250 e. The van der Waals surface area contributed by atoms with Gasteiger partial charge in [-0.1, -0.05) is 73.3 Å². The van der Waals surface area contributed by atoms with E-state index in [0.29, 0.717) is 24.4 Å². The number of anilines is 1. The summed E-state index contributed by atoms with van der Waals surface area (Å²) in [7, 11) is -0.184. The van der Waals surface area contributed by atoms with Crippen LogP contribution in [0.2, 0.25) is 5.02 Å². The van der Waals surface area contributed by atoms with Crippen molar-refractivity contribution in [1.29, 1.82) is 0 Å². The first-order chi connectivity index (χ1) is 24.9. The number of piperidine rings is 1. The average Bonchev–Trinajstić information content (AvgIpc) is 3.39. The van der Waals surface area contributed by atoms with Crippen molar-refractivity contribution in [2.45, 2.75) is 80.4 Å². The monoisotopic (exact) mass is 748 g/mol. The second-order valence-electron chi connectivity index (χ2n) is 14.6. The molecule has 3 amide bonds. The van der Waals surface area contributed by atoms with Crippen LogP contribution >= 0.6 is 11.6 Å². The van der Waals surface area contributed by atoms with Crippen LogP contribution in [0, 0.1) is 0 Å². The van der Waals surface area contributed by atoms with Crippen molar-refractivity contribution in [3.8, 4) is 0 Å². The highest BCUT2D eigenvalue weighted by molar-refractivity contribution is 7.89. The largest absolute Gasteiger partial charge is 0.352 e. The lowest BCUT2D eigenvalue weighted by atomic mass is 9.85. The fraction of sp³-hybridized carbons (Fsp3) is 0.462. The number of para-hydroxylation sites is 1. The molecule has 0 unspecified atom stereocenters. The van der Waals surface area contributed by atoms with Crippen LogP contribution in [0.15, 0.2) is 83.8 Å². The van der Waals surface area contributed by atoms with E-state index in [0.717, 1.165) is 42.5 Å². The first-order valence-electron chi connectivity index (χ1n) is 18.1. The molecule has 52 heavy (non-hydrogen) atoms. The van der Waals surface area contributed by atoms with Crippen molar-refractivity contribution in [3.63, 3.8) is 0 Å². The van der Waals surface area contributed by atoms with E-state index in [1.54, 1.807) is 58.3 Å². The zero-order chi connectivity index (χ0) is 36.9. The molecular weight excluding hydrogens is 700 g/mol. The molecule has 0 bridgehead atoms. The molecule has 2 N–H and O–H groups in total. The fourth-order valence-corrected chi connectivity index (χ4v) is 9.08. The van der Waals surface area contributed by atoms with Crippen LogP contribution in [0.1, 0.15) is 56.1 Å². The maximum Gasteiger partial charge on any atom is 0.250 e. The molecule has 2 aliphatic heterocycles. The Morgan fingerprint density at radius 1 is 0.904 bits per heavy atom. The van der Waals surface area contributed by atoms with E-state index in [-0.39, 0.29) is 61.4 Å². The highest BCUT2D eigenvalue weighted by atomic mass is 35.5. The summed E-state index contributed by atoms with van der Waals surface area (Å²) >= 11 is 6.13. The Bertz CT molecular complexity index is 1810. The van der Waals surface area contributed by atoms with E-state index in [9.17, 15) is 22.8 Å². The molecule has 3 fully saturated rings. The van der Waals surface area contributed by atoms with E-state index in [4.69, 9.17) is 11.6 Å². The number of carbonyl (C=O) groups excluding carboxylic acids is 3. The Morgan fingerprint density at radius 2 is 1.54 bits per heavy atom. The molecule has 11 nitrogen and oxygen atoms in total. The summed E-state index contributed by atoms with van der Waals surface area (Å²) < 4.78 is 30.1. The van der Waals surface area contributed by atoms with Crippen molar-refractivity contribution < 1.29 is 22.8 Å². The van der Waals surface area contributed by atoms with Crippen LogP contribution in [-0.4, -0.2) is 98.9 Å². The molecule has 1 saturated carbocycles. The lowest BCUT2D eigenvalue weighted by Gasteiger charge is -2.44. The van der Waals surface area contributed by atoms with Crippen LogP contribution < -0.4 is 14.9 Å². The fourth-order valence-electron chi connectivity index (χ4n) is 7.76. The summed E-state index contributed by atoms with van der Waals surface area (Å²) in [5, 5.41) is 3.68. The first-order valence-corrected chi connectivity index (χ1v) is 20.0. The summed E-state index contributed by atoms with van der Waals surface area (Å²) in [5.41, 5.74) is 1.65. The van der Waals surface area contributed by atoms with Crippen LogP contribution in [0.3, 0.4) is 0 Å². The minimum atomic E-state index is -4.07. The molecule has 2 saturated heterocycles. The van der Waals surface area contributed by atoms with Gasteiger partial charge in [-0.15, -0.1) is 0 Å². The van der Waals surface area contributed by atoms with Crippen molar-refractivity contribution in [2.24, 2.45) is 0 Å². The Kier molecular flexibility index (Phi) is 11.9. The number of amides is 3. The highest BCUT2D eigenvalue weighted by Gasteiger charge is 2.54. The third kappa shape index (κ3) is 8.79. The van der Waals surface area contributed by atoms with Crippen LogP contribution in [0.5, 0.6) is 0 Å². The van der Waals surface area contributed by atoms with E-state index in [1.807, 2.05) is 49.3 Å². The number of likely N-dealkylation sites (tertiary alicyclic amines) is 1. The summed E-state index contributed by atoms with van der Waals surface area (Å²) in [6, 6.07) is 22.4. The molecule has 2 heterocycles. The van der Waals surface area contributed by atoms with Crippen molar-refractivity contribution in [2.75, 3.05) is 45.3 Å². The van der Waals surface area contributed by atoms with Gasteiger partial charge in [0.15, 0.2) is 0 Å². The van der Waals surface area contributed by atoms with Gasteiger partial charge < -0.3 is 24.9 Å². The highest BCUT2D eigenvalue weighted by Crippen LogP contribution is 2.39. The predicted octanol–water partition coefficient (Wildman–Crippen LogP) is 4.41. The molecule has 0 aromatic heterocycles. The maximum absolute atomic E-state index is 14.3. The Morgan fingerprint density at radius 3 is 2.17 bits per heavy atom. The quantitative estimate of drug-likeness (QED) is 0.282. The topological polar surface area (TPSA) is 122 Å². The molecule has 13 heteroatoms. The zero-order valence-corrected chi connectivity index (χ0v) is 31.5. The van der Waals surface area contributed by atoms with E-state index >= 15 is 0 Å². The van der Waals surface area contributed by atoms with Gasteiger partial charge in [0.1, 0.15) is 18.1 Å². The van der Waals surface area contributed by atoms with Gasteiger partial charge in [0.05, 0.1) is 11.6 Å². The van der Waals surface area contributed by atoms with Crippen molar-refractivity contribution in [3.05, 3.63) is 95.0 Å². The molecule has 278 valence electrons. The van der Waals surface area contributed by atoms with Gasteiger partial charge in [0.25, 0.3) is 5.91 Å². The van der Waals surface area contributed by atoms with Crippen LogP contribution in [0.4, 0.5) is 5.69 Å². The van der Waals surface area contributed by atoms with E-state index in [2.05, 4.69) is 14.9 Å². The molecule has 0 radical (unpaired) electrons. The molecule has 6 rings (SSSR count). The maximum atomic E-state index is 14.3. The standard InChI is InChI=1S/C39H49ClN6O5S/c1-43(2)26-30-15-19-34(20-16-30)52(50,51)42-35(25-29-13-17-31(40)18-14-29)37(48)44-23-21-39(22-24-44)38(49)45(28-46(39)33-11-7-4-8-12-33)27-36(47)41-32-9-5-3-6-10-32/h4,7-8,11-20,32,35,42H,3,5-6,9-10,21-28H2,1-2H3,(H,41,47)/t35-/m1/s1. The summed E-state index contributed by atoms with van der Waals surface area (Å²) in [4.78, 5) is 49.2. The minimum absolute atomic E-state index is 0.0237. The Balaban J connectivity index is 1.19. The van der Waals surface area contributed by atoms with Gasteiger partial charge in [-0.05, 0) is 93.7 Å². The molecule has 3 aromatic rings. The summed E-state index contributed by atoms with van der Waals surface area (Å²) in [5.74, 6) is -0.640. The molecular formula is C39H49ClN6O5S. The molecule has 3 aliphatic rings. The Hall–Kier alpha value is -3.97. The number of carbonyl (C=O) groups is 3. The SMILES string of the molecule is CN(C)Cc1ccc(S(=O)(=O)N[C@H](Cc2ccc(Cl)cc2)C(=O)N2CCC3(CC2)C(=O)N(CC(=O)NC2CCCCC2)CN3c2ccccc2)cc1. The number of nitrogens with one attached hydrogen (secondary N) is 2. The molecule has 1 atom stereocenters. The van der Waals surface area contributed by atoms with Gasteiger partial charge >= 0.3 is 0 Å². The lowest BCUT2D eigenvalue weighted by Crippen LogP contribution is -2.59. The van der Waals surface area contributed by atoms with Gasteiger partial charge in [-0.2, -0.15) is 4.72 Å². The molecule has 1 spiro atoms. The number of benzene rings is 3. The normalized spacial score (nSPS) is 18.6. The summed E-state index contributed by atoms with van der Waals surface area (Å²) in [6.45, 7) is 1.39. The second-order valence-corrected chi connectivity index (χ2v) is 16.7. The lowest BCUT2D eigenvalue weighted by molar-refractivity contribution is -0.140. The number of hydrogen-bond donors (Lipinski definition) is 2. The summed E-state index contributed by atoms with van der Waals surface area (Å²) in [6.07, 6.45) is 6.09. The van der Waals surface area contributed by atoms with Gasteiger partial charge in [-0.3, -0.25) is 14.4 Å². The van der Waals surface area contributed by atoms with Crippen LogP contribution in [0.25, 0.3) is 0 Å². The van der Waals surface area contributed by atoms with Gasteiger partial charge in [0.2, 0.25) is 21.8 Å². The number of halogens is 1. The van der Waals surface area contributed by atoms with Gasteiger partial charge in [-0.25, -0.2) is 8.42 Å². The number of nitrogens with zero attached hydrogens (tertiary/aromatic N) is 4. The number of sulfonamides is 1. The third-order valence-electron chi connectivity index (χ3n) is 10.5. The molecule has 3 aromatic carbocycles. The van der Waals surface area contributed by atoms with Gasteiger partial charge in [0, 0.05) is 36.4 Å². The van der Waals surface area contributed by atoms with Crippen molar-refractivity contribution in [1.82, 2.24) is 24.7 Å². The van der Waals surface area contributed by atoms with E-state index in [1.165, 1.54) is 6.42 Å². The number of hydrogen-bond acceptors (Lipinski definition) is 7. The van der Waals surface area contributed by atoms with Crippen molar-refractivity contribution >= 4 is 45.0 Å². The third-order valence-corrected chi connectivity index (χ3v) is 12.2. The number of rotatable bonds is 12.